The fraction of sp³-hybridized carbons (Fsp3) is 0.412. The molecule has 0 saturated heterocycles. The van der Waals surface area contributed by atoms with E-state index in [1.54, 1.807) is 11.8 Å². The van der Waals surface area contributed by atoms with E-state index in [-0.39, 0.29) is 11.2 Å². The molecule has 1 N–H and O–H groups in total. The molecule has 1 aromatic carbocycles. The van der Waals surface area contributed by atoms with Gasteiger partial charge in [-0.3, -0.25) is 4.79 Å². The minimum absolute atomic E-state index is 0.0359. The number of anilines is 1. The lowest BCUT2D eigenvalue weighted by Crippen LogP contribution is -2.21. The smallest absolute Gasteiger partial charge is 0.237 e. The van der Waals surface area contributed by atoms with E-state index < -0.39 is 0 Å². The van der Waals surface area contributed by atoms with Crippen LogP contribution in [0.5, 0.6) is 0 Å². The summed E-state index contributed by atoms with van der Waals surface area (Å²) in [6.45, 7) is 2.97. The first kappa shape index (κ1) is 15.2. The van der Waals surface area contributed by atoms with Gasteiger partial charge in [-0.1, -0.05) is 12.1 Å². The molecule has 3 rings (SSSR count). The van der Waals surface area contributed by atoms with Crippen molar-refractivity contribution in [3.63, 3.8) is 0 Å². The van der Waals surface area contributed by atoms with E-state index in [0.29, 0.717) is 0 Å². The van der Waals surface area contributed by atoms with Crippen molar-refractivity contribution >= 4 is 23.4 Å². The number of nitrogens with zero attached hydrogens (tertiary/aromatic N) is 2. The normalized spacial score (nSPS) is 15.2. The van der Waals surface area contributed by atoms with Crippen LogP contribution in [0.3, 0.4) is 0 Å². The third-order valence-corrected chi connectivity index (χ3v) is 4.98. The zero-order valence-electron chi connectivity index (χ0n) is 13.0. The van der Waals surface area contributed by atoms with Crippen molar-refractivity contribution in [2.24, 2.45) is 0 Å². The van der Waals surface area contributed by atoms with Crippen molar-refractivity contribution in [2.45, 2.75) is 38.0 Å². The van der Waals surface area contributed by atoms with Gasteiger partial charge in [-0.05, 0) is 38.2 Å². The molecule has 0 radical (unpaired) electrons. The molecule has 1 amide bonds. The van der Waals surface area contributed by atoms with Gasteiger partial charge in [0.05, 0.1) is 10.9 Å². The van der Waals surface area contributed by atoms with E-state index in [1.807, 2.05) is 37.4 Å². The van der Waals surface area contributed by atoms with Gasteiger partial charge in [-0.2, -0.15) is 11.8 Å². The van der Waals surface area contributed by atoms with Crippen molar-refractivity contribution in [1.29, 1.82) is 0 Å². The number of aromatic nitrogens is 2. The molecule has 0 bridgehead atoms. The van der Waals surface area contributed by atoms with Gasteiger partial charge >= 0.3 is 0 Å². The maximum atomic E-state index is 12.0. The van der Waals surface area contributed by atoms with Gasteiger partial charge in [0.2, 0.25) is 5.91 Å². The summed E-state index contributed by atoms with van der Waals surface area (Å²) in [6.07, 6.45) is 7.57. The Morgan fingerprint density at radius 1 is 1.41 bits per heavy atom. The fourth-order valence-electron chi connectivity index (χ4n) is 2.66. The molecule has 1 aromatic heterocycles. The Balaban J connectivity index is 1.82. The summed E-state index contributed by atoms with van der Waals surface area (Å²) in [6, 6.07) is 7.93. The maximum absolute atomic E-state index is 12.0. The van der Waals surface area contributed by atoms with Crippen LogP contribution in [0.1, 0.15) is 25.6 Å². The average Bonchev–Trinajstić information content (AvgIpc) is 2.98. The first-order chi connectivity index (χ1) is 10.7. The number of hydrogen-bond acceptors (Lipinski definition) is 3. The van der Waals surface area contributed by atoms with Gasteiger partial charge in [-0.25, -0.2) is 4.98 Å². The minimum Gasteiger partial charge on any atom is -0.334 e. The van der Waals surface area contributed by atoms with E-state index >= 15 is 0 Å². The lowest BCUT2D eigenvalue weighted by atomic mass is 10.1. The summed E-state index contributed by atoms with van der Waals surface area (Å²) in [5.74, 6) is 1.21. The Morgan fingerprint density at radius 2 is 2.27 bits per heavy atom. The molecule has 116 valence electrons. The van der Waals surface area contributed by atoms with Crippen molar-refractivity contribution < 1.29 is 4.79 Å². The monoisotopic (exact) mass is 315 g/mol. The maximum Gasteiger partial charge on any atom is 0.237 e. The number of thioether (sulfide) groups is 1. The first-order valence-electron chi connectivity index (χ1n) is 7.67. The lowest BCUT2D eigenvalue weighted by Gasteiger charge is -2.11. The van der Waals surface area contributed by atoms with Crippen LogP contribution in [-0.2, 0) is 17.8 Å². The van der Waals surface area contributed by atoms with E-state index in [9.17, 15) is 4.79 Å². The molecular weight excluding hydrogens is 294 g/mol. The second kappa shape index (κ2) is 6.57. The minimum atomic E-state index is -0.0522. The Labute approximate surface area is 135 Å². The molecule has 1 atom stereocenters. The van der Waals surface area contributed by atoms with E-state index in [0.717, 1.165) is 29.9 Å². The summed E-state index contributed by atoms with van der Waals surface area (Å²) in [7, 11) is 0. The first-order valence-corrected chi connectivity index (χ1v) is 8.96. The molecule has 5 heteroatoms. The highest BCUT2D eigenvalue weighted by molar-refractivity contribution is 7.99. The predicted octanol–water partition coefficient (Wildman–Crippen LogP) is 3.58. The van der Waals surface area contributed by atoms with E-state index in [2.05, 4.69) is 16.1 Å². The molecule has 0 fully saturated rings. The van der Waals surface area contributed by atoms with Crippen LogP contribution in [0.25, 0.3) is 11.3 Å². The number of carbonyl (C=O) groups is 1. The number of aryl methyl sites for hydroxylation is 2. The third kappa shape index (κ3) is 3.19. The number of hydrogen-bond donors (Lipinski definition) is 1. The summed E-state index contributed by atoms with van der Waals surface area (Å²) in [5.41, 5.74) is 2.87. The number of fused-ring (bicyclic) bond motifs is 1. The SMILES string of the molecule is CS[C@H](C)C(=O)Nc1cccc(-c2cn3c(n2)CCCC3)c1. The highest BCUT2D eigenvalue weighted by Gasteiger charge is 2.14. The fourth-order valence-corrected chi connectivity index (χ4v) is 2.93. The number of imidazole rings is 1. The molecule has 1 aliphatic heterocycles. The molecule has 2 aromatic rings. The van der Waals surface area contributed by atoms with Gasteiger partial charge in [0.1, 0.15) is 5.82 Å². The third-order valence-electron chi connectivity index (χ3n) is 4.06. The van der Waals surface area contributed by atoms with Gasteiger partial charge in [0, 0.05) is 30.4 Å². The molecule has 0 unspecified atom stereocenters. The van der Waals surface area contributed by atoms with Crippen LogP contribution in [-0.4, -0.2) is 27.0 Å². The van der Waals surface area contributed by atoms with E-state index in [4.69, 9.17) is 4.98 Å². The number of rotatable bonds is 4. The number of benzene rings is 1. The van der Waals surface area contributed by atoms with Gasteiger partial charge < -0.3 is 9.88 Å². The largest absolute Gasteiger partial charge is 0.334 e. The van der Waals surface area contributed by atoms with Crippen LogP contribution in [0.15, 0.2) is 30.5 Å². The predicted molar refractivity (Wildman–Crippen MR) is 92.2 cm³/mol. The topological polar surface area (TPSA) is 46.9 Å². The summed E-state index contributed by atoms with van der Waals surface area (Å²) >= 11 is 1.54. The molecule has 0 aliphatic carbocycles. The van der Waals surface area contributed by atoms with E-state index in [1.165, 1.54) is 18.7 Å². The van der Waals surface area contributed by atoms with Crippen molar-refractivity contribution in [1.82, 2.24) is 9.55 Å². The van der Waals surface area contributed by atoms with Crippen LogP contribution in [0.2, 0.25) is 0 Å². The Hall–Kier alpha value is -1.75. The highest BCUT2D eigenvalue weighted by Crippen LogP contribution is 2.25. The van der Waals surface area contributed by atoms with Crippen LogP contribution < -0.4 is 5.32 Å². The molecule has 0 spiro atoms. The molecular formula is C17H21N3OS. The van der Waals surface area contributed by atoms with Crippen molar-refractivity contribution in [3.8, 4) is 11.3 Å². The summed E-state index contributed by atoms with van der Waals surface area (Å²) in [5, 5.41) is 2.92. The molecule has 4 nitrogen and oxygen atoms in total. The molecule has 1 aliphatic rings. The summed E-state index contributed by atoms with van der Waals surface area (Å²) < 4.78 is 2.25. The standard InChI is InChI=1S/C17H21N3OS/c1-12(22-2)17(21)18-14-7-5-6-13(10-14)15-11-20-9-4-3-8-16(20)19-15/h5-7,10-12H,3-4,8-9H2,1-2H3,(H,18,21)/t12-/m1/s1. The van der Waals surface area contributed by atoms with Gasteiger partial charge in [0.25, 0.3) is 0 Å². The average molecular weight is 315 g/mol. The summed E-state index contributed by atoms with van der Waals surface area (Å²) in [4.78, 5) is 16.7. The van der Waals surface area contributed by atoms with Gasteiger partial charge in [-0.15, -0.1) is 0 Å². The Morgan fingerprint density at radius 3 is 3.05 bits per heavy atom. The zero-order chi connectivity index (χ0) is 15.5. The number of carbonyl (C=O) groups excluding carboxylic acids is 1. The second-order valence-corrected chi connectivity index (χ2v) is 6.82. The highest BCUT2D eigenvalue weighted by atomic mass is 32.2. The van der Waals surface area contributed by atoms with Gasteiger partial charge in [0.15, 0.2) is 0 Å². The number of nitrogens with one attached hydrogen (secondary N) is 1. The van der Waals surface area contributed by atoms with Crippen LogP contribution >= 0.6 is 11.8 Å². The second-order valence-electron chi connectivity index (χ2n) is 5.64. The van der Waals surface area contributed by atoms with Crippen LogP contribution in [0, 0.1) is 0 Å². The molecule has 22 heavy (non-hydrogen) atoms. The lowest BCUT2D eigenvalue weighted by molar-refractivity contribution is -0.115. The Bertz CT molecular complexity index is 657. The molecule has 2 heterocycles. The zero-order valence-corrected chi connectivity index (χ0v) is 13.8. The van der Waals surface area contributed by atoms with Crippen molar-refractivity contribution in [3.05, 3.63) is 36.3 Å². The quantitative estimate of drug-likeness (QED) is 0.938. The molecule has 0 saturated carbocycles. The Kier molecular flexibility index (Phi) is 4.52. The van der Waals surface area contributed by atoms with Crippen molar-refractivity contribution in [2.75, 3.05) is 11.6 Å². The number of amides is 1. The van der Waals surface area contributed by atoms with Crippen LogP contribution in [0.4, 0.5) is 5.69 Å².